The van der Waals surface area contributed by atoms with Crippen molar-refractivity contribution >= 4 is 33.8 Å². The van der Waals surface area contributed by atoms with Crippen molar-refractivity contribution < 1.29 is 50.3 Å². The second-order valence-electron chi connectivity index (χ2n) is 4.80. The van der Waals surface area contributed by atoms with Crippen molar-refractivity contribution in [2.24, 2.45) is 5.73 Å². The van der Waals surface area contributed by atoms with Crippen LogP contribution in [0.5, 0.6) is 0 Å². The molecule has 0 bridgehead atoms. The molecular formula is C12H12F3N3O8S. The number of nitrogens with one attached hydrogen (secondary N) is 1. The van der Waals surface area contributed by atoms with Gasteiger partial charge in [-0.2, -0.15) is 21.6 Å². The summed E-state index contributed by atoms with van der Waals surface area (Å²) >= 11 is 0. The highest BCUT2D eigenvalue weighted by molar-refractivity contribution is 7.85. The van der Waals surface area contributed by atoms with Crippen LogP contribution in [0.2, 0.25) is 0 Å². The van der Waals surface area contributed by atoms with E-state index in [1.807, 2.05) is 0 Å². The zero-order valence-corrected chi connectivity index (χ0v) is 13.9. The number of hydrogen-bond acceptors (Lipinski definition) is 9. The predicted octanol–water partition coefficient (Wildman–Crippen LogP) is -0.0620. The van der Waals surface area contributed by atoms with Gasteiger partial charge in [0.05, 0.1) is 0 Å². The molecule has 1 aromatic heterocycles. The Hall–Kier alpha value is -2.78. The molecule has 0 spiro atoms. The van der Waals surface area contributed by atoms with Crippen molar-refractivity contribution in [3.05, 3.63) is 18.2 Å². The number of nitrogens with two attached hydrogens (primary N) is 1. The summed E-state index contributed by atoms with van der Waals surface area (Å²) in [5, 5.41) is 1.44. The molecule has 1 atom stereocenters. The summed E-state index contributed by atoms with van der Waals surface area (Å²) in [5.74, 6) is -5.30. The first-order valence-corrected chi connectivity index (χ1v) is 8.24. The number of anilines is 1. The maximum atomic E-state index is 11.9. The van der Waals surface area contributed by atoms with E-state index in [9.17, 15) is 36.0 Å². The molecule has 0 saturated heterocycles. The maximum absolute atomic E-state index is 11.9. The first-order chi connectivity index (χ1) is 12.3. The molecule has 1 heterocycles. The first kappa shape index (κ1) is 22.3. The van der Waals surface area contributed by atoms with Crippen LogP contribution in [0, 0.1) is 0 Å². The van der Waals surface area contributed by atoms with Crippen LogP contribution in [-0.2, 0) is 34.3 Å². The quantitative estimate of drug-likeness (QED) is 0.324. The number of hydrogen-bond donors (Lipinski definition) is 3. The minimum absolute atomic E-state index is 0.231. The Balaban J connectivity index is 2.50. The molecule has 27 heavy (non-hydrogen) atoms. The van der Waals surface area contributed by atoms with Gasteiger partial charge in [-0.3, -0.25) is 9.35 Å². The summed E-state index contributed by atoms with van der Waals surface area (Å²) in [4.78, 5) is 43.7. The fraction of sp³-hybridized carbons (Fsp3) is 0.333. The van der Waals surface area contributed by atoms with Gasteiger partial charge in [-0.15, -0.1) is 0 Å². The summed E-state index contributed by atoms with van der Waals surface area (Å²) in [6, 6.07) is 1.77. The van der Waals surface area contributed by atoms with Gasteiger partial charge in [0.15, 0.2) is 5.03 Å². The summed E-state index contributed by atoms with van der Waals surface area (Å²) in [7, 11) is -4.59. The molecule has 0 fully saturated rings. The number of alkyl halides is 3. The number of carbonyl (C=O) groups excluding carboxylic acids is 3. The van der Waals surface area contributed by atoms with E-state index in [1.54, 1.807) is 0 Å². The first-order valence-electron chi connectivity index (χ1n) is 6.80. The lowest BCUT2D eigenvalue weighted by molar-refractivity contribution is -0.286. The molecule has 1 amide bonds. The molecule has 11 nitrogen and oxygen atoms in total. The molecule has 0 unspecified atom stereocenters. The van der Waals surface area contributed by atoms with Crippen LogP contribution in [0.15, 0.2) is 23.2 Å². The number of nitrogens with zero attached hydrogens (tertiary/aromatic N) is 1. The van der Waals surface area contributed by atoms with Crippen LogP contribution < -0.4 is 11.1 Å². The van der Waals surface area contributed by atoms with E-state index in [4.69, 9.17) is 10.3 Å². The molecule has 0 radical (unpaired) electrons. The van der Waals surface area contributed by atoms with Gasteiger partial charge in [0.25, 0.3) is 0 Å². The third-order valence-electron chi connectivity index (χ3n) is 2.67. The molecule has 0 saturated carbocycles. The maximum Gasteiger partial charge on any atom is 0.495 e. The summed E-state index contributed by atoms with van der Waals surface area (Å²) in [6.07, 6.45) is -6.22. The van der Waals surface area contributed by atoms with Gasteiger partial charge in [-0.05, 0) is 18.6 Å². The average molecular weight is 415 g/mol. The highest BCUT2D eigenvalue weighted by Gasteiger charge is 2.43. The van der Waals surface area contributed by atoms with Gasteiger partial charge < -0.3 is 11.1 Å². The monoisotopic (exact) mass is 415 g/mol. The zero-order chi connectivity index (χ0) is 20.8. The molecule has 150 valence electrons. The third-order valence-corrected chi connectivity index (χ3v) is 3.43. The molecule has 0 aliphatic rings. The molecular weight excluding hydrogens is 403 g/mol. The van der Waals surface area contributed by atoms with Crippen molar-refractivity contribution in [1.82, 2.24) is 4.98 Å². The Morgan fingerprint density at radius 1 is 1.26 bits per heavy atom. The van der Waals surface area contributed by atoms with Crippen molar-refractivity contribution in [2.45, 2.75) is 30.1 Å². The van der Waals surface area contributed by atoms with Gasteiger partial charge in [-0.25, -0.2) is 24.3 Å². The predicted molar refractivity (Wildman–Crippen MR) is 78.1 cm³/mol. The van der Waals surface area contributed by atoms with Gasteiger partial charge in [-0.1, -0.05) is 6.07 Å². The van der Waals surface area contributed by atoms with Crippen LogP contribution in [-0.4, -0.2) is 48.0 Å². The van der Waals surface area contributed by atoms with E-state index in [-0.39, 0.29) is 5.82 Å². The second kappa shape index (κ2) is 8.74. The summed E-state index contributed by atoms with van der Waals surface area (Å²) in [6.45, 7) is 0. The smallest absolute Gasteiger partial charge is 0.318 e. The third kappa shape index (κ3) is 7.55. The number of aromatic nitrogens is 1. The largest absolute Gasteiger partial charge is 0.495 e. The van der Waals surface area contributed by atoms with E-state index in [1.165, 1.54) is 12.1 Å². The van der Waals surface area contributed by atoms with Crippen LogP contribution in [0.4, 0.5) is 19.0 Å². The van der Waals surface area contributed by atoms with Crippen molar-refractivity contribution in [2.75, 3.05) is 5.32 Å². The molecule has 1 rings (SSSR count). The van der Waals surface area contributed by atoms with Gasteiger partial charge in [0.2, 0.25) is 5.91 Å². The lowest BCUT2D eigenvalue weighted by atomic mass is 10.1. The highest BCUT2D eigenvalue weighted by atomic mass is 32.2. The van der Waals surface area contributed by atoms with Gasteiger partial charge in [0.1, 0.15) is 11.9 Å². The minimum Gasteiger partial charge on any atom is -0.318 e. The standard InChI is InChI=1S/C12H12F3N3O8S/c13-12(14,15)11(21)26-25-10(20)6(16)4-5-8(19)17-7-2-1-3-9(18-7)27(22,23)24/h1-3,6H,4-5,16H2,(H,17,18,19)(H,22,23,24)/t6-/m0/s1. The Labute approximate surface area is 149 Å². The number of pyridine rings is 1. The molecule has 0 aliphatic carbocycles. The lowest BCUT2D eigenvalue weighted by Crippen LogP contribution is -2.35. The van der Waals surface area contributed by atoms with E-state index in [0.29, 0.717) is 0 Å². The van der Waals surface area contributed by atoms with Crippen molar-refractivity contribution in [3.63, 3.8) is 0 Å². The van der Waals surface area contributed by atoms with E-state index < -0.39 is 58.0 Å². The fourth-order valence-electron chi connectivity index (χ4n) is 1.43. The zero-order valence-electron chi connectivity index (χ0n) is 13.1. The summed E-state index contributed by atoms with van der Waals surface area (Å²) < 4.78 is 66.3. The molecule has 15 heteroatoms. The van der Waals surface area contributed by atoms with Crippen molar-refractivity contribution in [3.8, 4) is 0 Å². The van der Waals surface area contributed by atoms with E-state index >= 15 is 0 Å². The Morgan fingerprint density at radius 2 is 1.89 bits per heavy atom. The average Bonchev–Trinajstić information content (AvgIpc) is 2.55. The van der Waals surface area contributed by atoms with Crippen LogP contribution in [0.25, 0.3) is 0 Å². The number of halogens is 3. The summed E-state index contributed by atoms with van der Waals surface area (Å²) in [5.41, 5.74) is 5.28. The van der Waals surface area contributed by atoms with Gasteiger partial charge >= 0.3 is 28.2 Å². The Morgan fingerprint density at radius 3 is 2.44 bits per heavy atom. The van der Waals surface area contributed by atoms with Crippen LogP contribution in [0.3, 0.4) is 0 Å². The van der Waals surface area contributed by atoms with Crippen LogP contribution >= 0.6 is 0 Å². The fourth-order valence-corrected chi connectivity index (χ4v) is 1.89. The lowest BCUT2D eigenvalue weighted by Gasteiger charge is -2.10. The highest BCUT2D eigenvalue weighted by Crippen LogP contribution is 2.16. The second-order valence-corrected chi connectivity index (χ2v) is 6.17. The molecule has 4 N–H and O–H groups in total. The molecule has 0 aromatic carbocycles. The molecule has 0 aliphatic heterocycles. The van der Waals surface area contributed by atoms with E-state index in [2.05, 4.69) is 20.1 Å². The minimum atomic E-state index is -5.37. The van der Waals surface area contributed by atoms with Gasteiger partial charge in [0, 0.05) is 6.42 Å². The SMILES string of the molecule is N[C@@H](CCC(=O)Nc1cccc(S(=O)(=O)O)n1)C(=O)OOC(=O)C(F)(F)F. The number of amides is 1. The Kier molecular flexibility index (Phi) is 7.21. The Bertz CT molecular complexity index is 827. The van der Waals surface area contributed by atoms with Crippen LogP contribution in [0.1, 0.15) is 12.8 Å². The number of rotatable bonds is 6. The van der Waals surface area contributed by atoms with E-state index in [0.717, 1.165) is 6.07 Å². The normalized spacial score (nSPS) is 12.8. The topological polar surface area (TPSA) is 175 Å². The van der Waals surface area contributed by atoms with Crippen molar-refractivity contribution in [1.29, 1.82) is 0 Å². The molecule has 1 aromatic rings. The number of carbonyl (C=O) groups is 3.